The van der Waals surface area contributed by atoms with E-state index in [-0.39, 0.29) is 12.2 Å². The van der Waals surface area contributed by atoms with E-state index >= 15 is 0 Å². The first-order valence-corrected chi connectivity index (χ1v) is 11.9. The van der Waals surface area contributed by atoms with Crippen LogP contribution in [0.1, 0.15) is 54.9 Å². The highest BCUT2D eigenvalue weighted by Gasteiger charge is 2.22. The molecule has 1 unspecified atom stereocenters. The Hall–Kier alpha value is -3.44. The number of anilines is 1. The molecular formula is C29H33NO4. The molecule has 3 N–H and O–H groups in total. The van der Waals surface area contributed by atoms with Crippen molar-refractivity contribution < 1.29 is 19.8 Å². The predicted octanol–water partition coefficient (Wildman–Crippen LogP) is 6.18. The molecule has 178 valence electrons. The lowest BCUT2D eigenvalue weighted by molar-refractivity contribution is -0.141. The van der Waals surface area contributed by atoms with Gasteiger partial charge in [-0.25, -0.2) is 0 Å². The molecule has 0 heterocycles. The van der Waals surface area contributed by atoms with E-state index in [9.17, 15) is 19.8 Å². The highest BCUT2D eigenvalue weighted by molar-refractivity contribution is 5.98. The number of carbonyl (C=O) groups is 2. The number of carboxylic acid groups (broad SMARTS) is 1. The number of rotatable bonds is 13. The van der Waals surface area contributed by atoms with Crippen LogP contribution < -0.4 is 5.32 Å². The first-order chi connectivity index (χ1) is 16.5. The molecule has 3 aromatic carbocycles. The molecular weight excluding hydrogens is 426 g/mol. The van der Waals surface area contributed by atoms with E-state index in [4.69, 9.17) is 0 Å². The van der Waals surface area contributed by atoms with Crippen LogP contribution in [0, 0.1) is 5.92 Å². The molecule has 0 saturated carbocycles. The SMILES string of the molecule is CCCCC(O)Nc1ccc(-c2ccc(C(=O)C[C@H](CCc3ccccc3)C(=O)O)cc2)cc1. The van der Waals surface area contributed by atoms with Gasteiger partial charge in [-0.15, -0.1) is 0 Å². The second-order valence-corrected chi connectivity index (χ2v) is 8.64. The van der Waals surface area contributed by atoms with Gasteiger partial charge in [0, 0.05) is 17.7 Å². The molecule has 5 heteroatoms. The third kappa shape index (κ3) is 7.56. The van der Waals surface area contributed by atoms with E-state index in [1.54, 1.807) is 12.1 Å². The molecule has 0 aliphatic heterocycles. The molecule has 3 rings (SSSR count). The normalized spacial score (nSPS) is 12.6. The smallest absolute Gasteiger partial charge is 0.306 e. The van der Waals surface area contributed by atoms with Crippen molar-refractivity contribution in [3.8, 4) is 11.1 Å². The molecule has 3 aromatic rings. The van der Waals surface area contributed by atoms with Crippen molar-refractivity contribution in [1.29, 1.82) is 0 Å². The fourth-order valence-electron chi connectivity index (χ4n) is 3.91. The van der Waals surface area contributed by atoms with Crippen LogP contribution in [0.15, 0.2) is 78.9 Å². The summed E-state index contributed by atoms with van der Waals surface area (Å²) in [6.45, 7) is 2.09. The summed E-state index contributed by atoms with van der Waals surface area (Å²) in [4.78, 5) is 24.4. The van der Waals surface area contributed by atoms with Crippen LogP contribution in [-0.4, -0.2) is 28.2 Å². The van der Waals surface area contributed by atoms with Crippen molar-refractivity contribution in [2.24, 2.45) is 5.92 Å². The number of aliphatic hydroxyl groups excluding tert-OH is 1. The van der Waals surface area contributed by atoms with Gasteiger partial charge in [-0.3, -0.25) is 9.59 Å². The summed E-state index contributed by atoms with van der Waals surface area (Å²) in [6, 6.07) is 24.8. The molecule has 0 spiro atoms. The molecule has 0 aliphatic carbocycles. The molecule has 5 nitrogen and oxygen atoms in total. The third-order valence-electron chi connectivity index (χ3n) is 5.99. The number of aliphatic carboxylic acids is 1. The van der Waals surface area contributed by atoms with E-state index in [1.165, 1.54) is 0 Å². The summed E-state index contributed by atoms with van der Waals surface area (Å²) in [6.07, 6.45) is 3.21. The Morgan fingerprint density at radius 1 is 0.853 bits per heavy atom. The number of benzene rings is 3. The molecule has 0 amide bonds. The minimum atomic E-state index is -0.936. The quantitative estimate of drug-likeness (QED) is 0.210. The van der Waals surface area contributed by atoms with Gasteiger partial charge < -0.3 is 15.5 Å². The zero-order valence-electron chi connectivity index (χ0n) is 19.6. The highest BCUT2D eigenvalue weighted by Crippen LogP contribution is 2.24. The van der Waals surface area contributed by atoms with Crippen molar-refractivity contribution in [3.63, 3.8) is 0 Å². The maximum atomic E-state index is 12.7. The van der Waals surface area contributed by atoms with Gasteiger partial charge in [-0.1, -0.05) is 80.1 Å². The van der Waals surface area contributed by atoms with E-state index < -0.39 is 18.1 Å². The molecule has 2 atom stereocenters. The van der Waals surface area contributed by atoms with Crippen molar-refractivity contribution in [1.82, 2.24) is 0 Å². The largest absolute Gasteiger partial charge is 0.481 e. The van der Waals surface area contributed by atoms with Crippen LogP contribution in [0.25, 0.3) is 11.1 Å². The number of Topliss-reactive ketones (excluding diaryl/α,β-unsaturated/α-hetero) is 1. The molecule has 34 heavy (non-hydrogen) atoms. The van der Waals surface area contributed by atoms with Crippen LogP contribution in [0.4, 0.5) is 5.69 Å². The molecule has 0 bridgehead atoms. The number of hydrogen-bond acceptors (Lipinski definition) is 4. The molecule has 0 aromatic heterocycles. The minimum absolute atomic E-state index is 0.0117. The number of ketones is 1. The van der Waals surface area contributed by atoms with Crippen molar-refractivity contribution in [2.45, 2.75) is 51.7 Å². The van der Waals surface area contributed by atoms with E-state index in [2.05, 4.69) is 12.2 Å². The summed E-state index contributed by atoms with van der Waals surface area (Å²) in [5, 5.41) is 22.7. The van der Waals surface area contributed by atoms with Gasteiger partial charge in [0.05, 0.1) is 5.92 Å². The Bertz CT molecular complexity index is 1050. The lowest BCUT2D eigenvalue weighted by Gasteiger charge is -2.14. The minimum Gasteiger partial charge on any atom is -0.481 e. The Labute approximate surface area is 201 Å². The topological polar surface area (TPSA) is 86.6 Å². The summed E-state index contributed by atoms with van der Waals surface area (Å²) in [5.74, 6) is -1.80. The zero-order valence-corrected chi connectivity index (χ0v) is 19.6. The van der Waals surface area contributed by atoms with Crippen LogP contribution in [0.2, 0.25) is 0 Å². The van der Waals surface area contributed by atoms with E-state index in [0.717, 1.165) is 35.2 Å². The van der Waals surface area contributed by atoms with Crippen molar-refractivity contribution >= 4 is 17.4 Å². The van der Waals surface area contributed by atoms with Crippen molar-refractivity contribution in [2.75, 3.05) is 5.32 Å². The second kappa shape index (κ2) is 12.7. The van der Waals surface area contributed by atoms with Gasteiger partial charge >= 0.3 is 5.97 Å². The number of aliphatic hydroxyl groups is 1. The average Bonchev–Trinajstić information content (AvgIpc) is 2.86. The van der Waals surface area contributed by atoms with Gasteiger partial charge in [-0.2, -0.15) is 0 Å². The van der Waals surface area contributed by atoms with Crippen LogP contribution in [-0.2, 0) is 11.2 Å². The van der Waals surface area contributed by atoms with Crippen LogP contribution in [0.5, 0.6) is 0 Å². The lowest BCUT2D eigenvalue weighted by atomic mass is 9.92. The van der Waals surface area contributed by atoms with Gasteiger partial charge in [0.2, 0.25) is 0 Å². The Kier molecular flexibility index (Phi) is 9.41. The molecule has 0 aliphatic rings. The first-order valence-electron chi connectivity index (χ1n) is 11.9. The maximum absolute atomic E-state index is 12.7. The lowest BCUT2D eigenvalue weighted by Crippen LogP contribution is -2.19. The predicted molar refractivity (Wildman–Crippen MR) is 136 cm³/mol. The summed E-state index contributed by atoms with van der Waals surface area (Å²) in [5.41, 5.74) is 4.41. The molecule has 0 radical (unpaired) electrons. The Morgan fingerprint density at radius 2 is 1.47 bits per heavy atom. The average molecular weight is 460 g/mol. The molecule has 0 saturated heterocycles. The second-order valence-electron chi connectivity index (χ2n) is 8.64. The first kappa shape index (κ1) is 25.2. The van der Waals surface area contributed by atoms with Gasteiger partial charge in [0.25, 0.3) is 0 Å². The monoisotopic (exact) mass is 459 g/mol. The maximum Gasteiger partial charge on any atom is 0.306 e. The summed E-state index contributed by atoms with van der Waals surface area (Å²) in [7, 11) is 0. The highest BCUT2D eigenvalue weighted by atomic mass is 16.4. The van der Waals surface area contributed by atoms with E-state index in [0.29, 0.717) is 24.8 Å². The molecule has 0 fully saturated rings. The van der Waals surface area contributed by atoms with Gasteiger partial charge in [0.1, 0.15) is 6.23 Å². The zero-order chi connectivity index (χ0) is 24.3. The van der Waals surface area contributed by atoms with E-state index in [1.807, 2.05) is 66.7 Å². The fraction of sp³-hybridized carbons (Fsp3) is 0.310. The van der Waals surface area contributed by atoms with Crippen molar-refractivity contribution in [3.05, 3.63) is 90.0 Å². The van der Waals surface area contributed by atoms with Gasteiger partial charge in [-0.05, 0) is 54.5 Å². The third-order valence-corrected chi connectivity index (χ3v) is 5.99. The Morgan fingerprint density at radius 3 is 2.06 bits per heavy atom. The van der Waals surface area contributed by atoms with Gasteiger partial charge in [0.15, 0.2) is 5.78 Å². The number of nitrogens with one attached hydrogen (secondary N) is 1. The number of carboxylic acids is 1. The Balaban J connectivity index is 1.58. The number of hydrogen-bond donors (Lipinski definition) is 3. The van der Waals surface area contributed by atoms with Crippen LogP contribution >= 0.6 is 0 Å². The summed E-state index contributed by atoms with van der Waals surface area (Å²) >= 11 is 0. The number of unbranched alkanes of at least 4 members (excludes halogenated alkanes) is 1. The summed E-state index contributed by atoms with van der Waals surface area (Å²) < 4.78 is 0. The standard InChI is InChI=1S/C29H33NO4/c1-2-3-9-28(32)30-26-18-16-23(17-19-26)22-12-14-24(15-13-22)27(31)20-25(29(33)34)11-10-21-7-5-4-6-8-21/h4-8,12-19,25,28,30,32H,2-3,9-11,20H2,1H3,(H,33,34)/t25-,28?/m0/s1. The van der Waals surface area contributed by atoms with Crippen LogP contribution in [0.3, 0.4) is 0 Å². The number of carbonyl (C=O) groups excluding carboxylic acids is 1. The fourth-order valence-corrected chi connectivity index (χ4v) is 3.91. The number of aryl methyl sites for hydroxylation is 1.